The van der Waals surface area contributed by atoms with E-state index in [1.165, 1.54) is 26.7 Å². The molecule has 0 fully saturated rings. The van der Waals surface area contributed by atoms with Crippen molar-refractivity contribution in [1.29, 1.82) is 0 Å². The molecule has 0 saturated heterocycles. The summed E-state index contributed by atoms with van der Waals surface area (Å²) in [5.41, 5.74) is 3.96. The molecule has 0 bridgehead atoms. The van der Waals surface area contributed by atoms with Crippen LogP contribution in [0.1, 0.15) is 12.0 Å². The average molecular weight is 443 g/mol. The van der Waals surface area contributed by atoms with Crippen LogP contribution in [0.15, 0.2) is 82.8 Å². The summed E-state index contributed by atoms with van der Waals surface area (Å²) in [6.07, 6.45) is 6.24. The molecule has 4 rings (SSSR count). The molecule has 1 aliphatic rings. The fourth-order valence-electron chi connectivity index (χ4n) is 3.38. The van der Waals surface area contributed by atoms with Crippen LogP contribution in [0.5, 0.6) is 0 Å². The lowest BCUT2D eigenvalue weighted by atomic mass is 10.1. The van der Waals surface area contributed by atoms with Gasteiger partial charge in [0.25, 0.3) is 0 Å². The number of halogens is 1. The number of anilines is 2. The van der Waals surface area contributed by atoms with Crippen LogP contribution in [-0.2, 0) is 13.0 Å². The van der Waals surface area contributed by atoms with Crippen LogP contribution < -0.4 is 26.4 Å². The Hall–Kier alpha value is -1.82. The van der Waals surface area contributed by atoms with Gasteiger partial charge in [0, 0.05) is 28.5 Å². The van der Waals surface area contributed by atoms with Crippen LogP contribution in [0.2, 0.25) is 0 Å². The van der Waals surface area contributed by atoms with Gasteiger partial charge in [0.2, 0.25) is 0 Å². The number of aromatic nitrogens is 1. The predicted molar refractivity (Wildman–Crippen MR) is 106 cm³/mol. The van der Waals surface area contributed by atoms with Gasteiger partial charge in [-0.3, -0.25) is 0 Å². The number of pyridine rings is 1. The zero-order chi connectivity index (χ0) is 17.8. The molecule has 140 valence electrons. The summed E-state index contributed by atoms with van der Waals surface area (Å²) in [5, 5.41) is 9.01. The first-order valence-corrected chi connectivity index (χ1v) is 9.89. The molecule has 2 aromatic carbocycles. The second-order valence-corrected chi connectivity index (χ2v) is 7.54. The number of aryl methyl sites for hydroxylation is 1. The smallest absolute Gasteiger partial charge is 0.171 e. The first-order chi connectivity index (χ1) is 12.8. The standard InChI is InChI=1S/C22H23N2OS.BrH/c25-17-16-23-14-11-18(12-15-23)6-5-13-24-19-7-1-3-9-21(19)26-22-10-4-2-8-20(22)24;/h1-4,7-12,14-15,25H,5-6,13,16-17H2;1H/q+1;/p-1. The number of aliphatic hydroxyl groups is 1. The molecule has 1 N–H and O–H groups in total. The fraction of sp³-hybridized carbons (Fsp3) is 0.227. The minimum absolute atomic E-state index is 0. The predicted octanol–water partition coefficient (Wildman–Crippen LogP) is 1.21. The van der Waals surface area contributed by atoms with Crippen molar-refractivity contribution >= 4 is 23.1 Å². The summed E-state index contributed by atoms with van der Waals surface area (Å²) < 4.78 is 2.01. The summed E-state index contributed by atoms with van der Waals surface area (Å²) in [6.45, 7) is 1.83. The molecule has 0 aliphatic carbocycles. The maximum absolute atomic E-state index is 9.01. The minimum atomic E-state index is 0. The van der Waals surface area contributed by atoms with Crippen molar-refractivity contribution in [1.82, 2.24) is 0 Å². The highest BCUT2D eigenvalue weighted by molar-refractivity contribution is 7.99. The lowest BCUT2D eigenvalue weighted by molar-refractivity contribution is -0.698. The van der Waals surface area contributed by atoms with Crippen molar-refractivity contribution < 1.29 is 26.7 Å². The maximum atomic E-state index is 9.01. The van der Waals surface area contributed by atoms with E-state index in [9.17, 15) is 0 Å². The number of para-hydroxylation sites is 2. The van der Waals surface area contributed by atoms with Crippen LogP contribution >= 0.6 is 11.8 Å². The zero-order valence-corrected chi connectivity index (χ0v) is 17.5. The second-order valence-electron chi connectivity index (χ2n) is 6.46. The molecular weight excluding hydrogens is 420 g/mol. The summed E-state index contributed by atoms with van der Waals surface area (Å²) in [6, 6.07) is 21.6. The highest BCUT2D eigenvalue weighted by Gasteiger charge is 2.22. The molecule has 27 heavy (non-hydrogen) atoms. The Balaban J connectivity index is 0.00000210. The van der Waals surface area contributed by atoms with Gasteiger partial charge in [-0.15, -0.1) is 0 Å². The molecule has 0 atom stereocenters. The van der Waals surface area contributed by atoms with Crippen LogP contribution in [-0.4, -0.2) is 18.3 Å². The quantitative estimate of drug-likeness (QED) is 0.581. The highest BCUT2D eigenvalue weighted by atomic mass is 79.9. The molecule has 5 heteroatoms. The van der Waals surface area contributed by atoms with E-state index in [-0.39, 0.29) is 23.6 Å². The van der Waals surface area contributed by atoms with E-state index in [4.69, 9.17) is 5.11 Å². The molecule has 0 saturated carbocycles. The molecule has 1 aliphatic heterocycles. The van der Waals surface area contributed by atoms with Crippen LogP contribution in [0.4, 0.5) is 11.4 Å². The molecule has 0 amide bonds. The van der Waals surface area contributed by atoms with E-state index < -0.39 is 0 Å². The van der Waals surface area contributed by atoms with E-state index in [0.717, 1.165) is 19.4 Å². The lowest BCUT2D eigenvalue weighted by Crippen LogP contribution is -3.00. The van der Waals surface area contributed by atoms with Gasteiger partial charge < -0.3 is 27.0 Å². The van der Waals surface area contributed by atoms with Gasteiger partial charge in [-0.1, -0.05) is 36.0 Å². The van der Waals surface area contributed by atoms with Gasteiger partial charge in [0.15, 0.2) is 18.9 Å². The van der Waals surface area contributed by atoms with E-state index in [1.54, 1.807) is 0 Å². The van der Waals surface area contributed by atoms with Crippen molar-refractivity contribution in [3.8, 4) is 0 Å². The number of hydrogen-bond donors (Lipinski definition) is 1. The van der Waals surface area contributed by atoms with Crippen LogP contribution in [0.3, 0.4) is 0 Å². The number of aliphatic hydroxyl groups excluding tert-OH is 1. The first kappa shape index (κ1) is 19.9. The Morgan fingerprint density at radius 1 is 0.852 bits per heavy atom. The molecule has 0 unspecified atom stereocenters. The topological polar surface area (TPSA) is 27.4 Å². The monoisotopic (exact) mass is 442 g/mol. The molecule has 0 radical (unpaired) electrons. The number of rotatable bonds is 6. The van der Waals surface area contributed by atoms with Gasteiger partial charge in [0.05, 0.1) is 11.4 Å². The maximum Gasteiger partial charge on any atom is 0.171 e. The van der Waals surface area contributed by atoms with Crippen molar-refractivity contribution in [3.63, 3.8) is 0 Å². The highest BCUT2D eigenvalue weighted by Crippen LogP contribution is 2.47. The fourth-order valence-corrected chi connectivity index (χ4v) is 4.48. The third-order valence-corrected chi connectivity index (χ3v) is 5.83. The Kier molecular flexibility index (Phi) is 6.94. The molecule has 1 aromatic heterocycles. The summed E-state index contributed by atoms with van der Waals surface area (Å²) in [4.78, 5) is 5.11. The number of fused-ring (bicyclic) bond motifs is 2. The number of nitrogens with zero attached hydrogens (tertiary/aromatic N) is 2. The van der Waals surface area contributed by atoms with E-state index in [2.05, 4.69) is 65.6 Å². The van der Waals surface area contributed by atoms with Gasteiger partial charge >= 0.3 is 0 Å². The normalized spacial score (nSPS) is 12.1. The van der Waals surface area contributed by atoms with Gasteiger partial charge in [-0.05, 0) is 42.7 Å². The van der Waals surface area contributed by atoms with Crippen LogP contribution in [0, 0.1) is 0 Å². The lowest BCUT2D eigenvalue weighted by Gasteiger charge is -2.32. The van der Waals surface area contributed by atoms with Crippen molar-refractivity contribution in [2.45, 2.75) is 29.2 Å². The third kappa shape index (κ3) is 4.54. The Morgan fingerprint density at radius 2 is 1.44 bits per heavy atom. The first-order valence-electron chi connectivity index (χ1n) is 9.07. The van der Waals surface area contributed by atoms with E-state index in [1.807, 2.05) is 28.7 Å². The Morgan fingerprint density at radius 3 is 2.04 bits per heavy atom. The van der Waals surface area contributed by atoms with Crippen molar-refractivity contribution in [2.24, 2.45) is 0 Å². The summed E-state index contributed by atoms with van der Waals surface area (Å²) >= 11 is 1.86. The summed E-state index contributed by atoms with van der Waals surface area (Å²) in [5.74, 6) is 0. The minimum Gasteiger partial charge on any atom is -1.00 e. The third-order valence-electron chi connectivity index (χ3n) is 4.70. The van der Waals surface area contributed by atoms with Gasteiger partial charge in [-0.2, -0.15) is 0 Å². The zero-order valence-electron chi connectivity index (χ0n) is 15.1. The SMILES string of the molecule is OCC[n+]1ccc(CCCN2c3ccccc3Sc3ccccc32)cc1.[Br-]. The average Bonchev–Trinajstić information content (AvgIpc) is 2.69. The molecule has 2 heterocycles. The molecule has 3 nitrogen and oxygen atoms in total. The van der Waals surface area contributed by atoms with Crippen LogP contribution in [0.25, 0.3) is 0 Å². The largest absolute Gasteiger partial charge is 1.00 e. The summed E-state index contributed by atoms with van der Waals surface area (Å²) in [7, 11) is 0. The van der Waals surface area contributed by atoms with Gasteiger partial charge in [0.1, 0.15) is 6.61 Å². The molecule has 0 spiro atoms. The Bertz CT molecular complexity index is 840. The van der Waals surface area contributed by atoms with E-state index in [0.29, 0.717) is 6.54 Å². The number of benzene rings is 2. The van der Waals surface area contributed by atoms with Crippen molar-refractivity contribution in [2.75, 3.05) is 18.1 Å². The van der Waals surface area contributed by atoms with E-state index >= 15 is 0 Å². The second kappa shape index (κ2) is 9.40. The van der Waals surface area contributed by atoms with Gasteiger partial charge in [-0.25, -0.2) is 4.57 Å². The molecule has 3 aromatic rings. The van der Waals surface area contributed by atoms with Crippen molar-refractivity contribution in [3.05, 3.63) is 78.6 Å². The molecular formula is C22H23BrN2OS. The number of hydrogen-bond acceptors (Lipinski definition) is 3. The Labute approximate surface area is 175 Å².